The molecule has 112 valence electrons. The van der Waals surface area contributed by atoms with Crippen molar-refractivity contribution in [1.82, 2.24) is 15.2 Å². The minimum Gasteiger partial charge on any atom is -0.339 e. The standard InChI is InChI=1S/C16H11FN6/c17-13-6-1-2-7-14(13)21-16-22-15(10-19-23-16)20-12-5-3-4-11(8-12)9-18/h1-8,10H,(H2,20,21,22,23). The largest absolute Gasteiger partial charge is 0.339 e. The number of halogens is 1. The van der Waals surface area contributed by atoms with Gasteiger partial charge in [-0.05, 0) is 30.3 Å². The summed E-state index contributed by atoms with van der Waals surface area (Å²) < 4.78 is 13.6. The van der Waals surface area contributed by atoms with Crippen LogP contribution in [0.2, 0.25) is 0 Å². The third-order valence-corrected chi connectivity index (χ3v) is 2.94. The summed E-state index contributed by atoms with van der Waals surface area (Å²) in [5.74, 6) is 0.182. The van der Waals surface area contributed by atoms with Crippen LogP contribution in [0, 0.1) is 17.1 Å². The molecule has 0 aliphatic heterocycles. The lowest BCUT2D eigenvalue weighted by molar-refractivity contribution is 0.631. The maximum Gasteiger partial charge on any atom is 0.249 e. The van der Waals surface area contributed by atoms with Crippen molar-refractivity contribution < 1.29 is 4.39 Å². The summed E-state index contributed by atoms with van der Waals surface area (Å²) in [6.07, 6.45) is 1.44. The van der Waals surface area contributed by atoms with Gasteiger partial charge in [0, 0.05) is 5.69 Å². The van der Waals surface area contributed by atoms with Crippen LogP contribution in [0.5, 0.6) is 0 Å². The molecule has 0 unspecified atom stereocenters. The Hall–Kier alpha value is -3.53. The zero-order valence-corrected chi connectivity index (χ0v) is 11.9. The normalized spacial score (nSPS) is 9.91. The van der Waals surface area contributed by atoms with Gasteiger partial charge in [-0.25, -0.2) is 4.39 Å². The van der Waals surface area contributed by atoms with Gasteiger partial charge in [0.25, 0.3) is 0 Å². The maximum absolute atomic E-state index is 13.6. The van der Waals surface area contributed by atoms with Crippen molar-refractivity contribution in [3.63, 3.8) is 0 Å². The third-order valence-electron chi connectivity index (χ3n) is 2.94. The number of hydrogen-bond donors (Lipinski definition) is 2. The molecule has 3 rings (SSSR count). The monoisotopic (exact) mass is 306 g/mol. The van der Waals surface area contributed by atoms with Crippen molar-refractivity contribution in [1.29, 1.82) is 5.26 Å². The Balaban J connectivity index is 1.80. The molecule has 23 heavy (non-hydrogen) atoms. The molecule has 0 bridgehead atoms. The molecule has 0 atom stereocenters. The van der Waals surface area contributed by atoms with Crippen LogP contribution < -0.4 is 10.6 Å². The number of rotatable bonds is 4. The molecule has 2 N–H and O–H groups in total. The Kier molecular flexibility index (Phi) is 4.07. The first-order valence-electron chi connectivity index (χ1n) is 6.73. The fourth-order valence-corrected chi connectivity index (χ4v) is 1.91. The Morgan fingerprint density at radius 3 is 2.74 bits per heavy atom. The second-order valence-corrected chi connectivity index (χ2v) is 4.59. The van der Waals surface area contributed by atoms with Gasteiger partial charge in [0.05, 0.1) is 23.5 Å². The van der Waals surface area contributed by atoms with Crippen LogP contribution in [-0.2, 0) is 0 Å². The predicted octanol–water partition coefficient (Wildman–Crippen LogP) is 3.37. The number of hydrogen-bond acceptors (Lipinski definition) is 6. The molecule has 0 aliphatic rings. The molecule has 1 heterocycles. The molecule has 0 saturated heterocycles. The smallest absolute Gasteiger partial charge is 0.249 e. The van der Waals surface area contributed by atoms with Crippen LogP contribution in [0.25, 0.3) is 0 Å². The Labute approximate surface area is 131 Å². The first-order valence-corrected chi connectivity index (χ1v) is 6.73. The van der Waals surface area contributed by atoms with Crippen molar-refractivity contribution in [3.8, 4) is 6.07 Å². The average molecular weight is 306 g/mol. The topological polar surface area (TPSA) is 86.5 Å². The zero-order chi connectivity index (χ0) is 16.1. The number of nitrogens with zero attached hydrogens (tertiary/aromatic N) is 4. The number of aromatic nitrogens is 3. The molecule has 0 amide bonds. The number of nitriles is 1. The van der Waals surface area contributed by atoms with Gasteiger partial charge in [0.2, 0.25) is 5.95 Å². The quantitative estimate of drug-likeness (QED) is 0.768. The van der Waals surface area contributed by atoms with E-state index in [0.29, 0.717) is 17.1 Å². The van der Waals surface area contributed by atoms with Crippen LogP contribution in [0.4, 0.5) is 27.5 Å². The van der Waals surface area contributed by atoms with E-state index in [4.69, 9.17) is 5.26 Å². The molecule has 3 aromatic rings. The number of nitrogens with one attached hydrogen (secondary N) is 2. The minimum absolute atomic E-state index is 0.163. The van der Waals surface area contributed by atoms with Gasteiger partial charge >= 0.3 is 0 Å². The van der Waals surface area contributed by atoms with Crippen molar-refractivity contribution >= 4 is 23.1 Å². The maximum atomic E-state index is 13.6. The lowest BCUT2D eigenvalue weighted by Crippen LogP contribution is -2.03. The Morgan fingerprint density at radius 2 is 1.91 bits per heavy atom. The molecule has 0 aliphatic carbocycles. The second kappa shape index (κ2) is 6.49. The van der Waals surface area contributed by atoms with E-state index in [1.807, 2.05) is 0 Å². The average Bonchev–Trinajstić information content (AvgIpc) is 2.57. The third kappa shape index (κ3) is 3.57. The minimum atomic E-state index is -0.406. The Morgan fingerprint density at radius 1 is 1.04 bits per heavy atom. The molecular formula is C16H11FN6. The summed E-state index contributed by atoms with van der Waals surface area (Å²) >= 11 is 0. The molecule has 0 saturated carbocycles. The molecule has 6 nitrogen and oxygen atoms in total. The molecular weight excluding hydrogens is 295 g/mol. The van der Waals surface area contributed by atoms with Gasteiger partial charge in [-0.3, -0.25) is 0 Å². The SMILES string of the molecule is N#Cc1cccc(Nc2cnnc(Nc3ccccc3F)n2)c1. The van der Waals surface area contributed by atoms with Crippen LogP contribution in [0.1, 0.15) is 5.56 Å². The summed E-state index contributed by atoms with van der Waals surface area (Å²) in [6, 6.07) is 15.2. The molecule has 0 fully saturated rings. The van der Waals surface area contributed by atoms with Gasteiger partial charge in [0.1, 0.15) is 5.82 Å². The van der Waals surface area contributed by atoms with Crippen molar-refractivity contribution in [2.75, 3.05) is 10.6 Å². The molecule has 0 spiro atoms. The van der Waals surface area contributed by atoms with E-state index in [2.05, 4.69) is 31.9 Å². The van der Waals surface area contributed by atoms with E-state index < -0.39 is 5.82 Å². The van der Waals surface area contributed by atoms with Gasteiger partial charge < -0.3 is 10.6 Å². The lowest BCUT2D eigenvalue weighted by Gasteiger charge is -2.08. The van der Waals surface area contributed by atoms with Crippen molar-refractivity contribution in [2.24, 2.45) is 0 Å². The highest BCUT2D eigenvalue weighted by molar-refractivity contribution is 5.60. The second-order valence-electron chi connectivity index (χ2n) is 4.59. The van der Waals surface area contributed by atoms with Crippen LogP contribution in [0.15, 0.2) is 54.7 Å². The van der Waals surface area contributed by atoms with Gasteiger partial charge in [-0.15, -0.1) is 5.10 Å². The highest BCUT2D eigenvalue weighted by atomic mass is 19.1. The Bertz CT molecular complexity index is 874. The van der Waals surface area contributed by atoms with E-state index in [1.165, 1.54) is 12.3 Å². The summed E-state index contributed by atoms with van der Waals surface area (Å²) in [4.78, 5) is 4.21. The number of anilines is 4. The summed E-state index contributed by atoms with van der Waals surface area (Å²) in [5, 5.41) is 22.3. The predicted molar refractivity (Wildman–Crippen MR) is 83.9 cm³/mol. The van der Waals surface area contributed by atoms with Gasteiger partial charge in [-0.1, -0.05) is 18.2 Å². The van der Waals surface area contributed by atoms with Crippen molar-refractivity contribution in [2.45, 2.75) is 0 Å². The fourth-order valence-electron chi connectivity index (χ4n) is 1.91. The van der Waals surface area contributed by atoms with E-state index in [0.717, 1.165) is 0 Å². The van der Waals surface area contributed by atoms with Crippen LogP contribution in [0.3, 0.4) is 0 Å². The first kappa shape index (κ1) is 14.4. The number of benzene rings is 2. The lowest BCUT2D eigenvalue weighted by atomic mass is 10.2. The molecule has 0 radical (unpaired) electrons. The van der Waals surface area contributed by atoms with Gasteiger partial charge in [0.15, 0.2) is 5.82 Å². The summed E-state index contributed by atoms with van der Waals surface area (Å²) in [5.41, 5.74) is 1.49. The van der Waals surface area contributed by atoms with E-state index in [1.54, 1.807) is 42.5 Å². The zero-order valence-electron chi connectivity index (χ0n) is 11.9. The van der Waals surface area contributed by atoms with Gasteiger partial charge in [-0.2, -0.15) is 15.3 Å². The number of para-hydroxylation sites is 1. The van der Waals surface area contributed by atoms with E-state index >= 15 is 0 Å². The van der Waals surface area contributed by atoms with Crippen LogP contribution >= 0.6 is 0 Å². The molecule has 2 aromatic carbocycles. The summed E-state index contributed by atoms with van der Waals surface area (Å²) in [7, 11) is 0. The first-order chi connectivity index (χ1) is 11.2. The van der Waals surface area contributed by atoms with Crippen LogP contribution in [-0.4, -0.2) is 15.2 Å². The highest BCUT2D eigenvalue weighted by Gasteiger charge is 2.05. The highest BCUT2D eigenvalue weighted by Crippen LogP contribution is 2.19. The van der Waals surface area contributed by atoms with E-state index in [-0.39, 0.29) is 11.6 Å². The molecule has 1 aromatic heterocycles. The fraction of sp³-hybridized carbons (Fsp3) is 0. The summed E-state index contributed by atoms with van der Waals surface area (Å²) in [6.45, 7) is 0. The van der Waals surface area contributed by atoms with E-state index in [9.17, 15) is 4.39 Å². The van der Waals surface area contributed by atoms with Crippen molar-refractivity contribution in [3.05, 3.63) is 66.1 Å². The molecule has 7 heteroatoms.